The zero-order valence-corrected chi connectivity index (χ0v) is 22.3. The third-order valence-corrected chi connectivity index (χ3v) is 7.74. The van der Waals surface area contributed by atoms with E-state index in [0.29, 0.717) is 18.2 Å². The van der Waals surface area contributed by atoms with Gasteiger partial charge in [0.25, 0.3) is 5.56 Å². The van der Waals surface area contributed by atoms with Crippen molar-refractivity contribution in [2.45, 2.75) is 78.2 Å². The fraction of sp³-hybridized carbons (Fsp3) is 0.419. The van der Waals surface area contributed by atoms with Gasteiger partial charge >= 0.3 is 5.76 Å². The van der Waals surface area contributed by atoms with Gasteiger partial charge in [0.1, 0.15) is 5.82 Å². The van der Waals surface area contributed by atoms with E-state index in [-0.39, 0.29) is 5.56 Å². The predicted molar refractivity (Wildman–Crippen MR) is 149 cm³/mol. The lowest BCUT2D eigenvalue weighted by molar-refractivity contribution is 0.311. The minimum Gasteiger partial charge on any atom is -0.296 e. The summed E-state index contributed by atoms with van der Waals surface area (Å²) in [5, 5.41) is 3.86. The second-order valence-corrected chi connectivity index (χ2v) is 10.5. The fourth-order valence-electron chi connectivity index (χ4n) is 5.62. The molecule has 0 saturated heterocycles. The first-order chi connectivity index (χ1) is 18.5. The zero-order valence-electron chi connectivity index (χ0n) is 22.3. The molecule has 0 aliphatic heterocycles. The highest BCUT2D eigenvalue weighted by Gasteiger charge is 2.20. The smallest absolute Gasteiger partial charge is 0.296 e. The molecule has 0 radical (unpaired) electrons. The molecule has 1 saturated carbocycles. The van der Waals surface area contributed by atoms with Crippen molar-refractivity contribution < 1.29 is 4.52 Å². The highest BCUT2D eigenvalue weighted by Crippen LogP contribution is 2.30. The molecule has 0 atom stereocenters. The van der Waals surface area contributed by atoms with Crippen LogP contribution in [0.5, 0.6) is 0 Å². The number of rotatable bonds is 9. The van der Waals surface area contributed by atoms with Gasteiger partial charge in [-0.05, 0) is 55.2 Å². The number of benzene rings is 2. The second kappa shape index (κ2) is 11.8. The van der Waals surface area contributed by atoms with Gasteiger partial charge < -0.3 is 0 Å². The molecule has 2 heterocycles. The summed E-state index contributed by atoms with van der Waals surface area (Å²) < 4.78 is 6.65. The Hall–Kier alpha value is -3.74. The van der Waals surface area contributed by atoms with E-state index in [9.17, 15) is 9.59 Å². The van der Waals surface area contributed by atoms with E-state index in [1.165, 1.54) is 32.1 Å². The maximum atomic E-state index is 13.8. The van der Waals surface area contributed by atoms with Gasteiger partial charge in [0.05, 0.1) is 5.69 Å². The Kier molecular flexibility index (Phi) is 8.01. The van der Waals surface area contributed by atoms with Gasteiger partial charge in [0.2, 0.25) is 0 Å². The van der Waals surface area contributed by atoms with Crippen molar-refractivity contribution in [3.63, 3.8) is 0 Å². The number of nitrogens with one attached hydrogen (secondary N) is 1. The van der Waals surface area contributed by atoms with Gasteiger partial charge in [-0.3, -0.25) is 18.9 Å². The molecule has 7 heteroatoms. The number of unbranched alkanes of at least 4 members (excludes halogenated alkanes) is 1. The quantitative estimate of drug-likeness (QED) is 0.293. The van der Waals surface area contributed by atoms with E-state index in [1.807, 2.05) is 35.8 Å². The summed E-state index contributed by atoms with van der Waals surface area (Å²) in [6.07, 6.45) is 9.70. The summed E-state index contributed by atoms with van der Waals surface area (Å²) in [6, 6.07) is 16.0. The first-order valence-corrected chi connectivity index (χ1v) is 13.9. The zero-order chi connectivity index (χ0) is 26.5. The topological polar surface area (TPSA) is 93.8 Å². The third-order valence-electron chi connectivity index (χ3n) is 7.74. The molecule has 5 rings (SSSR count). The molecule has 1 aliphatic carbocycles. The maximum absolute atomic E-state index is 13.8. The molecule has 2 aromatic heterocycles. The number of aryl methyl sites for hydroxylation is 2. The Morgan fingerprint density at radius 1 is 1.00 bits per heavy atom. The normalized spacial score (nSPS) is 14.2. The van der Waals surface area contributed by atoms with E-state index in [4.69, 9.17) is 9.51 Å². The van der Waals surface area contributed by atoms with Crippen molar-refractivity contribution in [1.29, 1.82) is 0 Å². The van der Waals surface area contributed by atoms with Crippen LogP contribution in [0.3, 0.4) is 0 Å². The van der Waals surface area contributed by atoms with Gasteiger partial charge in [-0.25, -0.2) is 9.78 Å². The van der Waals surface area contributed by atoms with E-state index in [0.717, 1.165) is 65.1 Å². The van der Waals surface area contributed by atoms with E-state index >= 15 is 0 Å². The third kappa shape index (κ3) is 5.72. The van der Waals surface area contributed by atoms with Gasteiger partial charge in [0.15, 0.2) is 5.82 Å². The molecule has 0 unspecified atom stereocenters. The minimum absolute atomic E-state index is 0.124. The number of aromatic nitrogens is 4. The average Bonchev–Trinajstić information content (AvgIpc) is 3.38. The highest BCUT2D eigenvalue weighted by molar-refractivity contribution is 5.80. The number of aromatic amines is 1. The molecule has 2 aromatic carbocycles. The first kappa shape index (κ1) is 25.9. The Morgan fingerprint density at radius 3 is 2.42 bits per heavy atom. The number of H-pyrrole nitrogens is 1. The summed E-state index contributed by atoms with van der Waals surface area (Å²) in [5.41, 5.74) is 5.70. The monoisotopic (exact) mass is 512 g/mol. The van der Waals surface area contributed by atoms with Crippen LogP contribution in [0.1, 0.15) is 74.5 Å². The van der Waals surface area contributed by atoms with Crippen LogP contribution in [0, 0.1) is 12.8 Å². The number of hydrogen-bond acceptors (Lipinski definition) is 5. The standard InChI is InChI=1S/C31H36N4O3/c1-3-4-14-28-27(30(36)35(21(2)32-28)20-23-10-6-5-7-11-23)19-22-15-17-24(18-16-22)25-12-8-9-13-26(25)29-33-31(37)38-34-29/h8-9,12-13,15-18,23H,3-7,10-11,14,19-20H2,1-2H3,(H,33,34,37). The van der Waals surface area contributed by atoms with Crippen LogP contribution in [-0.2, 0) is 19.4 Å². The largest absolute Gasteiger partial charge is 0.439 e. The summed E-state index contributed by atoms with van der Waals surface area (Å²) in [7, 11) is 0. The second-order valence-electron chi connectivity index (χ2n) is 10.5. The lowest BCUT2D eigenvalue weighted by Crippen LogP contribution is -2.32. The molecule has 0 amide bonds. The van der Waals surface area contributed by atoms with E-state index in [1.54, 1.807) is 0 Å². The van der Waals surface area contributed by atoms with Crippen LogP contribution in [0.2, 0.25) is 0 Å². The van der Waals surface area contributed by atoms with Crippen LogP contribution in [0.25, 0.3) is 22.5 Å². The molecule has 1 aliphatic rings. The lowest BCUT2D eigenvalue weighted by Gasteiger charge is -2.24. The van der Waals surface area contributed by atoms with Gasteiger partial charge in [0, 0.05) is 24.1 Å². The molecular weight excluding hydrogens is 476 g/mol. The molecule has 4 aromatic rings. The van der Waals surface area contributed by atoms with Gasteiger partial charge in [-0.1, -0.05) is 86.3 Å². The van der Waals surface area contributed by atoms with Crippen molar-refractivity contribution in [2.24, 2.45) is 5.92 Å². The minimum atomic E-state index is -0.579. The Morgan fingerprint density at radius 2 is 1.74 bits per heavy atom. The Labute approximate surface area is 222 Å². The molecule has 38 heavy (non-hydrogen) atoms. The van der Waals surface area contributed by atoms with Crippen molar-refractivity contribution in [3.05, 3.63) is 92.1 Å². The fourth-order valence-corrected chi connectivity index (χ4v) is 5.62. The molecule has 1 N–H and O–H groups in total. The number of hydrogen-bond donors (Lipinski definition) is 1. The van der Waals surface area contributed by atoms with Crippen LogP contribution in [0.4, 0.5) is 0 Å². The van der Waals surface area contributed by atoms with E-state index in [2.05, 4.69) is 41.3 Å². The van der Waals surface area contributed by atoms with Crippen molar-refractivity contribution in [1.82, 2.24) is 19.7 Å². The van der Waals surface area contributed by atoms with Crippen LogP contribution in [-0.4, -0.2) is 19.7 Å². The highest BCUT2D eigenvalue weighted by atomic mass is 16.5. The van der Waals surface area contributed by atoms with Crippen LogP contribution >= 0.6 is 0 Å². The number of nitrogens with zero attached hydrogens (tertiary/aromatic N) is 3. The molecule has 1 fully saturated rings. The average molecular weight is 513 g/mol. The lowest BCUT2D eigenvalue weighted by atomic mass is 9.89. The van der Waals surface area contributed by atoms with Crippen LogP contribution in [0.15, 0.2) is 62.6 Å². The summed E-state index contributed by atoms with van der Waals surface area (Å²) in [6.45, 7) is 4.93. The first-order valence-electron chi connectivity index (χ1n) is 13.9. The van der Waals surface area contributed by atoms with E-state index < -0.39 is 5.76 Å². The van der Waals surface area contributed by atoms with Gasteiger partial charge in [-0.15, -0.1) is 0 Å². The Bertz CT molecular complexity index is 1490. The van der Waals surface area contributed by atoms with Crippen molar-refractivity contribution in [2.75, 3.05) is 0 Å². The molecule has 0 bridgehead atoms. The predicted octanol–water partition coefficient (Wildman–Crippen LogP) is 6.08. The van der Waals surface area contributed by atoms with Crippen molar-refractivity contribution in [3.8, 4) is 22.5 Å². The molecular formula is C31H36N4O3. The maximum Gasteiger partial charge on any atom is 0.439 e. The molecule has 198 valence electrons. The van der Waals surface area contributed by atoms with Crippen LogP contribution < -0.4 is 11.3 Å². The van der Waals surface area contributed by atoms with Crippen molar-refractivity contribution >= 4 is 0 Å². The molecule has 0 spiro atoms. The molecule has 7 nitrogen and oxygen atoms in total. The Balaban J connectivity index is 1.45. The summed E-state index contributed by atoms with van der Waals surface area (Å²) in [5.74, 6) is 1.23. The van der Waals surface area contributed by atoms with Gasteiger partial charge in [-0.2, -0.15) is 0 Å². The summed E-state index contributed by atoms with van der Waals surface area (Å²) in [4.78, 5) is 32.9. The SMILES string of the molecule is CCCCc1nc(C)n(CC2CCCCC2)c(=O)c1Cc1ccc(-c2ccccc2-c2noc(=O)[nH]2)cc1. The summed E-state index contributed by atoms with van der Waals surface area (Å²) >= 11 is 0.